The van der Waals surface area contributed by atoms with Gasteiger partial charge in [-0.15, -0.1) is 0 Å². The summed E-state index contributed by atoms with van der Waals surface area (Å²) < 4.78 is 5.51. The minimum Gasteiger partial charge on any atom is -0.495 e. The zero-order chi connectivity index (χ0) is 24.3. The number of nitrogens with one attached hydrogen (secondary N) is 1. The number of likely N-dealkylation sites (tertiary alicyclic amines) is 1. The highest BCUT2D eigenvalue weighted by Crippen LogP contribution is 2.31. The van der Waals surface area contributed by atoms with Crippen molar-refractivity contribution in [3.8, 4) is 5.75 Å². The van der Waals surface area contributed by atoms with Crippen LogP contribution in [0.3, 0.4) is 0 Å². The van der Waals surface area contributed by atoms with Crippen LogP contribution in [0, 0.1) is 0 Å². The van der Waals surface area contributed by atoms with Gasteiger partial charge in [0.25, 0.3) is 5.91 Å². The highest BCUT2D eigenvalue weighted by Gasteiger charge is 2.52. The van der Waals surface area contributed by atoms with E-state index in [1.807, 2.05) is 24.3 Å². The Balaban J connectivity index is 1.12. The summed E-state index contributed by atoms with van der Waals surface area (Å²) in [4.78, 5) is 34.5. The molecule has 2 aromatic rings. The molecule has 3 heterocycles. The van der Waals surface area contributed by atoms with Gasteiger partial charge in [0.15, 0.2) is 0 Å². The number of methoxy groups -OCH3 is 1. The Morgan fingerprint density at radius 3 is 2.26 bits per heavy atom. The second-order valence-corrected chi connectivity index (χ2v) is 9.74. The van der Waals surface area contributed by atoms with Crippen molar-refractivity contribution in [1.29, 1.82) is 0 Å². The van der Waals surface area contributed by atoms with Gasteiger partial charge in [0.2, 0.25) is 0 Å². The molecule has 0 saturated carbocycles. The molecule has 35 heavy (non-hydrogen) atoms. The molecule has 0 bridgehead atoms. The molecule has 8 heteroatoms. The number of anilines is 1. The summed E-state index contributed by atoms with van der Waals surface area (Å²) in [5.74, 6) is 0.810. The number of benzene rings is 2. The predicted molar refractivity (Wildman–Crippen MR) is 136 cm³/mol. The lowest BCUT2D eigenvalue weighted by Gasteiger charge is -2.39. The summed E-state index contributed by atoms with van der Waals surface area (Å²) in [6, 6.07) is 18.3. The van der Waals surface area contributed by atoms with E-state index in [1.165, 1.54) is 10.5 Å². The molecule has 1 N–H and O–H groups in total. The second-order valence-electron chi connectivity index (χ2n) is 9.74. The van der Waals surface area contributed by atoms with Gasteiger partial charge < -0.3 is 19.9 Å². The summed E-state index contributed by atoms with van der Waals surface area (Å²) in [6.07, 6.45) is 2.34. The Hall–Kier alpha value is -3.10. The number of amides is 3. The van der Waals surface area contributed by atoms with Crippen molar-refractivity contribution in [2.75, 3.05) is 64.5 Å². The van der Waals surface area contributed by atoms with Crippen LogP contribution >= 0.6 is 0 Å². The molecule has 8 nitrogen and oxygen atoms in total. The summed E-state index contributed by atoms with van der Waals surface area (Å²) in [5.41, 5.74) is 1.68. The SMILES string of the molecule is COc1ccccc1N1CCN(CN2C(=O)NC3(CCN(CCc4ccccc4)CC3)C2=O)CC1. The molecule has 0 aromatic heterocycles. The lowest BCUT2D eigenvalue weighted by atomic mass is 9.87. The van der Waals surface area contributed by atoms with Gasteiger partial charge in [-0.3, -0.25) is 9.69 Å². The normalized spacial score (nSPS) is 20.9. The average Bonchev–Trinajstić information content (AvgIpc) is 3.13. The highest BCUT2D eigenvalue weighted by atomic mass is 16.5. The van der Waals surface area contributed by atoms with Crippen molar-refractivity contribution >= 4 is 17.6 Å². The number of piperazine rings is 1. The van der Waals surface area contributed by atoms with Crippen LogP contribution in [0.1, 0.15) is 18.4 Å². The number of imide groups is 1. The number of carbonyl (C=O) groups is 2. The van der Waals surface area contributed by atoms with Gasteiger partial charge in [-0.25, -0.2) is 9.69 Å². The molecule has 0 atom stereocenters. The van der Waals surface area contributed by atoms with Gasteiger partial charge in [-0.1, -0.05) is 42.5 Å². The number of rotatable bonds is 7. The Kier molecular flexibility index (Phi) is 6.92. The predicted octanol–water partition coefficient (Wildman–Crippen LogP) is 2.40. The van der Waals surface area contributed by atoms with Crippen molar-refractivity contribution < 1.29 is 14.3 Å². The third kappa shape index (κ3) is 4.99. The van der Waals surface area contributed by atoms with E-state index in [-0.39, 0.29) is 11.9 Å². The molecular formula is C27H35N5O3. The fourth-order valence-electron chi connectivity index (χ4n) is 5.45. The highest BCUT2D eigenvalue weighted by molar-refractivity contribution is 6.07. The number of hydrogen-bond donors (Lipinski definition) is 1. The molecule has 3 saturated heterocycles. The average molecular weight is 478 g/mol. The minimum absolute atomic E-state index is 0.0580. The van der Waals surface area contributed by atoms with Gasteiger partial charge in [0, 0.05) is 45.8 Å². The lowest BCUT2D eigenvalue weighted by Crippen LogP contribution is -2.56. The Labute approximate surface area is 207 Å². The molecule has 0 aliphatic carbocycles. The number of urea groups is 1. The first-order valence-corrected chi connectivity index (χ1v) is 12.6. The first kappa shape index (κ1) is 23.6. The standard InChI is InChI=1S/C27H35N5O3/c1-35-24-10-6-5-9-23(24)31-19-17-30(18-20-31)21-32-25(33)27(28-26(32)34)12-15-29(16-13-27)14-11-22-7-3-2-4-8-22/h2-10H,11-21H2,1H3,(H,28,34). The first-order valence-electron chi connectivity index (χ1n) is 12.6. The van der Waals surface area contributed by atoms with E-state index >= 15 is 0 Å². The lowest BCUT2D eigenvalue weighted by molar-refractivity contribution is -0.134. The van der Waals surface area contributed by atoms with Crippen LogP contribution in [0.2, 0.25) is 0 Å². The number of ether oxygens (including phenoxy) is 1. The van der Waals surface area contributed by atoms with Crippen LogP contribution in [-0.2, 0) is 11.2 Å². The van der Waals surface area contributed by atoms with Crippen molar-refractivity contribution in [2.45, 2.75) is 24.8 Å². The molecular weight excluding hydrogens is 442 g/mol. The van der Waals surface area contributed by atoms with Gasteiger partial charge in [0.05, 0.1) is 19.5 Å². The van der Waals surface area contributed by atoms with Crippen molar-refractivity contribution in [2.24, 2.45) is 0 Å². The zero-order valence-corrected chi connectivity index (χ0v) is 20.5. The summed E-state index contributed by atoms with van der Waals surface area (Å²) >= 11 is 0. The van der Waals surface area contributed by atoms with Crippen LogP contribution in [0.15, 0.2) is 54.6 Å². The number of piperidine rings is 1. The van der Waals surface area contributed by atoms with E-state index in [1.54, 1.807) is 7.11 Å². The number of para-hydroxylation sites is 2. The minimum atomic E-state index is -0.737. The fourth-order valence-corrected chi connectivity index (χ4v) is 5.45. The molecule has 5 rings (SSSR count). The largest absolute Gasteiger partial charge is 0.495 e. The molecule has 0 radical (unpaired) electrons. The number of carbonyl (C=O) groups excluding carboxylic acids is 2. The van der Waals surface area contributed by atoms with Crippen LogP contribution in [0.25, 0.3) is 0 Å². The van der Waals surface area contributed by atoms with Gasteiger partial charge >= 0.3 is 6.03 Å². The number of nitrogens with zero attached hydrogens (tertiary/aromatic N) is 4. The first-order chi connectivity index (χ1) is 17.1. The Morgan fingerprint density at radius 1 is 0.857 bits per heavy atom. The van der Waals surface area contributed by atoms with E-state index in [0.717, 1.165) is 63.7 Å². The van der Waals surface area contributed by atoms with Crippen molar-refractivity contribution in [3.63, 3.8) is 0 Å². The molecule has 3 fully saturated rings. The van der Waals surface area contributed by atoms with E-state index in [4.69, 9.17) is 4.74 Å². The zero-order valence-electron chi connectivity index (χ0n) is 20.5. The number of hydrogen-bond acceptors (Lipinski definition) is 6. The summed E-state index contributed by atoms with van der Waals surface area (Å²) in [6.45, 7) is 6.20. The van der Waals surface area contributed by atoms with Gasteiger partial charge in [0.1, 0.15) is 11.3 Å². The van der Waals surface area contributed by atoms with E-state index in [2.05, 4.69) is 50.3 Å². The van der Waals surface area contributed by atoms with E-state index in [9.17, 15) is 9.59 Å². The molecule has 3 aliphatic rings. The second kappa shape index (κ2) is 10.3. The summed E-state index contributed by atoms with van der Waals surface area (Å²) in [5, 5.41) is 3.06. The van der Waals surface area contributed by atoms with Gasteiger partial charge in [-0.2, -0.15) is 0 Å². The molecule has 2 aromatic carbocycles. The van der Waals surface area contributed by atoms with Crippen LogP contribution in [0.5, 0.6) is 5.75 Å². The third-order valence-corrected chi connectivity index (χ3v) is 7.65. The fraction of sp³-hybridized carbons (Fsp3) is 0.481. The maximum atomic E-state index is 13.4. The summed E-state index contributed by atoms with van der Waals surface area (Å²) in [7, 11) is 1.69. The molecule has 186 valence electrons. The third-order valence-electron chi connectivity index (χ3n) is 7.65. The monoisotopic (exact) mass is 477 g/mol. The van der Waals surface area contributed by atoms with Crippen molar-refractivity contribution in [3.05, 3.63) is 60.2 Å². The smallest absolute Gasteiger partial charge is 0.326 e. The Morgan fingerprint density at radius 2 is 1.54 bits per heavy atom. The quantitative estimate of drug-likeness (QED) is 0.618. The van der Waals surface area contributed by atoms with Crippen LogP contribution in [-0.4, -0.2) is 91.8 Å². The molecule has 0 unspecified atom stereocenters. The Bertz CT molecular complexity index is 1030. The molecule has 3 amide bonds. The van der Waals surface area contributed by atoms with Crippen LogP contribution < -0.4 is 15.0 Å². The molecule has 1 spiro atoms. The van der Waals surface area contributed by atoms with Crippen molar-refractivity contribution in [1.82, 2.24) is 20.0 Å². The van der Waals surface area contributed by atoms with E-state index in [0.29, 0.717) is 19.5 Å². The maximum absolute atomic E-state index is 13.4. The topological polar surface area (TPSA) is 68.4 Å². The van der Waals surface area contributed by atoms with Gasteiger partial charge in [-0.05, 0) is 37.0 Å². The molecule has 3 aliphatic heterocycles. The van der Waals surface area contributed by atoms with Crippen LogP contribution in [0.4, 0.5) is 10.5 Å². The van der Waals surface area contributed by atoms with E-state index < -0.39 is 5.54 Å². The maximum Gasteiger partial charge on any atom is 0.326 e.